The minimum atomic E-state index is -1.02. The molecule has 0 bridgehead atoms. The fourth-order valence-corrected chi connectivity index (χ4v) is 2.15. The molecule has 17 heavy (non-hydrogen) atoms. The number of thiophene rings is 1. The molecule has 1 atom stereocenters. The lowest BCUT2D eigenvalue weighted by Gasteiger charge is -2.08. The summed E-state index contributed by atoms with van der Waals surface area (Å²) < 4.78 is 0. The number of aliphatic hydroxyl groups excluding tert-OH is 1. The van der Waals surface area contributed by atoms with Gasteiger partial charge >= 0.3 is 5.97 Å². The first-order valence-electron chi connectivity index (χ1n) is 5.18. The van der Waals surface area contributed by atoms with E-state index in [1.807, 2.05) is 6.92 Å². The zero-order valence-electron chi connectivity index (χ0n) is 9.69. The lowest BCUT2D eigenvalue weighted by molar-refractivity contribution is 0.0701. The lowest BCUT2D eigenvalue weighted by atomic mass is 10.2. The third kappa shape index (κ3) is 3.54. The molecule has 0 fully saturated rings. The van der Waals surface area contributed by atoms with Gasteiger partial charge in [-0.2, -0.15) is 0 Å². The van der Waals surface area contributed by atoms with Crippen LogP contribution in [0.2, 0.25) is 0 Å². The van der Waals surface area contributed by atoms with Crippen molar-refractivity contribution in [3.8, 4) is 0 Å². The second-order valence-electron chi connectivity index (χ2n) is 3.93. The van der Waals surface area contributed by atoms with Crippen molar-refractivity contribution in [1.29, 1.82) is 0 Å². The molecule has 0 aliphatic rings. The minimum Gasteiger partial charge on any atom is -0.477 e. The van der Waals surface area contributed by atoms with Crippen LogP contribution in [-0.4, -0.2) is 35.2 Å². The molecular formula is C11H15NO4S. The molecule has 1 rings (SSSR count). The Bertz CT molecular complexity index is 427. The van der Waals surface area contributed by atoms with Crippen LogP contribution < -0.4 is 5.32 Å². The molecule has 0 aliphatic carbocycles. The molecule has 1 aromatic rings. The van der Waals surface area contributed by atoms with Gasteiger partial charge in [0.1, 0.15) is 4.88 Å². The van der Waals surface area contributed by atoms with Gasteiger partial charge in [0, 0.05) is 13.2 Å². The van der Waals surface area contributed by atoms with E-state index in [1.165, 1.54) is 0 Å². The summed E-state index contributed by atoms with van der Waals surface area (Å²) in [5, 5.41) is 20.3. The fourth-order valence-electron chi connectivity index (χ4n) is 1.22. The van der Waals surface area contributed by atoms with E-state index in [0.29, 0.717) is 17.0 Å². The molecule has 94 valence electrons. The SMILES string of the molecule is Cc1cc(C(=O)NC[C@H](C)CO)sc1C(=O)O. The van der Waals surface area contributed by atoms with Crippen molar-refractivity contribution in [3.05, 3.63) is 21.4 Å². The highest BCUT2D eigenvalue weighted by Crippen LogP contribution is 2.21. The van der Waals surface area contributed by atoms with Crippen molar-refractivity contribution in [1.82, 2.24) is 5.32 Å². The van der Waals surface area contributed by atoms with Gasteiger partial charge in [-0.3, -0.25) is 4.79 Å². The average Bonchev–Trinajstić information content (AvgIpc) is 2.67. The maximum absolute atomic E-state index is 11.7. The smallest absolute Gasteiger partial charge is 0.346 e. The number of hydrogen-bond donors (Lipinski definition) is 3. The summed E-state index contributed by atoms with van der Waals surface area (Å²) in [7, 11) is 0. The van der Waals surface area contributed by atoms with Crippen LogP contribution in [0.25, 0.3) is 0 Å². The van der Waals surface area contributed by atoms with Gasteiger partial charge in [0.2, 0.25) is 0 Å². The van der Waals surface area contributed by atoms with Crippen LogP contribution in [0.3, 0.4) is 0 Å². The molecule has 0 saturated carbocycles. The van der Waals surface area contributed by atoms with Gasteiger partial charge in [-0.15, -0.1) is 11.3 Å². The highest BCUT2D eigenvalue weighted by atomic mass is 32.1. The first kappa shape index (κ1) is 13.7. The van der Waals surface area contributed by atoms with Crippen molar-refractivity contribution >= 4 is 23.2 Å². The topological polar surface area (TPSA) is 86.6 Å². The summed E-state index contributed by atoms with van der Waals surface area (Å²) in [5.74, 6) is -1.33. The van der Waals surface area contributed by atoms with E-state index in [-0.39, 0.29) is 23.3 Å². The van der Waals surface area contributed by atoms with Crippen molar-refractivity contribution in [2.24, 2.45) is 5.92 Å². The number of carbonyl (C=O) groups excluding carboxylic acids is 1. The molecule has 6 heteroatoms. The van der Waals surface area contributed by atoms with E-state index in [0.717, 1.165) is 11.3 Å². The van der Waals surface area contributed by atoms with Crippen molar-refractivity contribution in [2.75, 3.05) is 13.2 Å². The molecule has 5 nitrogen and oxygen atoms in total. The Labute approximate surface area is 103 Å². The standard InChI is InChI=1S/C11H15NO4S/c1-6(5-13)4-12-10(14)8-3-7(2)9(17-8)11(15)16/h3,6,13H,4-5H2,1-2H3,(H,12,14)(H,15,16)/t6-/m0/s1. The number of rotatable bonds is 5. The van der Waals surface area contributed by atoms with Crippen LogP contribution in [0.15, 0.2) is 6.07 Å². The maximum atomic E-state index is 11.7. The molecule has 0 aromatic carbocycles. The number of nitrogens with one attached hydrogen (secondary N) is 1. The first-order chi connectivity index (χ1) is 7.95. The molecule has 0 aliphatic heterocycles. The van der Waals surface area contributed by atoms with E-state index in [4.69, 9.17) is 10.2 Å². The molecule has 0 spiro atoms. The molecule has 1 heterocycles. The maximum Gasteiger partial charge on any atom is 0.346 e. The average molecular weight is 257 g/mol. The number of amides is 1. The van der Waals surface area contributed by atoms with Gasteiger partial charge in [0.25, 0.3) is 5.91 Å². The van der Waals surface area contributed by atoms with Gasteiger partial charge in [0.05, 0.1) is 4.88 Å². The predicted molar refractivity (Wildman–Crippen MR) is 64.6 cm³/mol. The Hall–Kier alpha value is -1.40. The quantitative estimate of drug-likeness (QED) is 0.737. The summed E-state index contributed by atoms with van der Waals surface area (Å²) in [6.45, 7) is 3.84. The van der Waals surface area contributed by atoms with Crippen LogP contribution in [0.4, 0.5) is 0 Å². The van der Waals surface area contributed by atoms with E-state index in [1.54, 1.807) is 13.0 Å². The Morgan fingerprint density at radius 2 is 2.18 bits per heavy atom. The van der Waals surface area contributed by atoms with E-state index in [2.05, 4.69) is 5.32 Å². The number of carbonyl (C=O) groups is 2. The lowest BCUT2D eigenvalue weighted by Crippen LogP contribution is -2.28. The molecule has 0 radical (unpaired) electrons. The number of carboxylic acids is 1. The second kappa shape index (κ2) is 5.79. The number of aromatic carboxylic acids is 1. The van der Waals surface area contributed by atoms with Crippen LogP contribution in [-0.2, 0) is 0 Å². The monoisotopic (exact) mass is 257 g/mol. The summed E-state index contributed by atoms with van der Waals surface area (Å²) in [4.78, 5) is 23.1. The largest absolute Gasteiger partial charge is 0.477 e. The number of aryl methyl sites for hydroxylation is 1. The molecule has 0 saturated heterocycles. The molecule has 3 N–H and O–H groups in total. The summed E-state index contributed by atoms with van der Waals surface area (Å²) in [5.41, 5.74) is 0.586. The van der Waals surface area contributed by atoms with Crippen LogP contribution in [0, 0.1) is 12.8 Å². The van der Waals surface area contributed by atoms with Gasteiger partial charge < -0.3 is 15.5 Å². The predicted octanol–water partition coefficient (Wildman–Crippen LogP) is 1.11. The summed E-state index contributed by atoms with van der Waals surface area (Å²) in [6, 6.07) is 1.56. The zero-order chi connectivity index (χ0) is 13.0. The molecule has 0 unspecified atom stereocenters. The van der Waals surface area contributed by atoms with Crippen LogP contribution in [0.1, 0.15) is 31.8 Å². The first-order valence-corrected chi connectivity index (χ1v) is 6.00. The summed E-state index contributed by atoms with van der Waals surface area (Å²) in [6.07, 6.45) is 0. The normalized spacial score (nSPS) is 12.2. The van der Waals surface area contributed by atoms with Gasteiger partial charge in [-0.1, -0.05) is 6.92 Å². The third-order valence-electron chi connectivity index (χ3n) is 2.26. The summed E-state index contributed by atoms with van der Waals surface area (Å²) >= 11 is 0.961. The molecular weight excluding hydrogens is 242 g/mol. The van der Waals surface area contributed by atoms with Crippen molar-refractivity contribution in [2.45, 2.75) is 13.8 Å². The van der Waals surface area contributed by atoms with Crippen molar-refractivity contribution in [3.63, 3.8) is 0 Å². The van der Waals surface area contributed by atoms with E-state index < -0.39 is 5.97 Å². The molecule has 1 aromatic heterocycles. The number of aliphatic hydroxyl groups is 1. The van der Waals surface area contributed by atoms with Gasteiger partial charge in [0.15, 0.2) is 0 Å². The minimum absolute atomic E-state index is 0.00409. The van der Waals surface area contributed by atoms with E-state index in [9.17, 15) is 9.59 Å². The fraction of sp³-hybridized carbons (Fsp3) is 0.455. The Morgan fingerprint density at radius 3 is 2.65 bits per heavy atom. The highest BCUT2D eigenvalue weighted by molar-refractivity contribution is 7.16. The zero-order valence-corrected chi connectivity index (χ0v) is 10.5. The van der Waals surface area contributed by atoms with Crippen LogP contribution in [0.5, 0.6) is 0 Å². The van der Waals surface area contributed by atoms with Crippen molar-refractivity contribution < 1.29 is 19.8 Å². The Kier molecular flexibility index (Phi) is 4.65. The second-order valence-corrected chi connectivity index (χ2v) is 4.98. The van der Waals surface area contributed by atoms with Crippen LogP contribution >= 0.6 is 11.3 Å². The Morgan fingerprint density at radius 1 is 1.53 bits per heavy atom. The number of hydrogen-bond acceptors (Lipinski definition) is 4. The third-order valence-corrected chi connectivity index (χ3v) is 3.48. The van der Waals surface area contributed by atoms with Gasteiger partial charge in [-0.25, -0.2) is 4.79 Å². The highest BCUT2D eigenvalue weighted by Gasteiger charge is 2.16. The number of carboxylic acid groups (broad SMARTS) is 1. The van der Waals surface area contributed by atoms with E-state index >= 15 is 0 Å². The Balaban J connectivity index is 2.70. The van der Waals surface area contributed by atoms with Gasteiger partial charge in [-0.05, 0) is 24.5 Å². The molecule has 1 amide bonds.